The van der Waals surface area contributed by atoms with E-state index in [-0.39, 0.29) is 41.7 Å². The van der Waals surface area contributed by atoms with E-state index in [1.807, 2.05) is 30.3 Å². The van der Waals surface area contributed by atoms with Crippen molar-refractivity contribution in [3.05, 3.63) is 70.8 Å². The van der Waals surface area contributed by atoms with Gasteiger partial charge in [0.1, 0.15) is 0 Å². The Labute approximate surface area is 175 Å². The number of halogens is 1. The van der Waals surface area contributed by atoms with Gasteiger partial charge in [0.05, 0.1) is 11.1 Å². The lowest BCUT2D eigenvalue weighted by Gasteiger charge is -2.13. The number of carbonyl (C=O) groups excluding carboxylic acids is 3. The molecule has 3 N–H and O–H groups in total. The monoisotopic (exact) mass is 413 g/mol. The average Bonchev–Trinajstić information content (AvgIpc) is 3.54. The molecule has 1 saturated carbocycles. The summed E-state index contributed by atoms with van der Waals surface area (Å²) in [6, 6.07) is 14.3. The van der Waals surface area contributed by atoms with Gasteiger partial charge in [0, 0.05) is 24.7 Å². The summed E-state index contributed by atoms with van der Waals surface area (Å²) in [5.74, 6) is -0.432. The molecule has 2 aliphatic rings. The molecule has 3 amide bonds. The lowest BCUT2D eigenvalue weighted by molar-refractivity contribution is 0.0656. The van der Waals surface area contributed by atoms with Gasteiger partial charge in [-0.25, -0.2) is 0 Å². The summed E-state index contributed by atoms with van der Waals surface area (Å²) in [6.07, 6.45) is 2.83. The van der Waals surface area contributed by atoms with Crippen LogP contribution in [0.3, 0.4) is 0 Å². The Morgan fingerprint density at radius 2 is 1.76 bits per heavy atom. The Morgan fingerprint density at radius 3 is 2.45 bits per heavy atom. The zero-order valence-corrected chi connectivity index (χ0v) is 16.8. The molecule has 2 aromatic carbocycles. The first-order valence-electron chi connectivity index (χ1n) is 9.62. The predicted octanol–water partition coefficient (Wildman–Crippen LogP) is 2.41. The van der Waals surface area contributed by atoms with E-state index in [4.69, 9.17) is 5.73 Å². The number of nitrogens with one attached hydrogen (secondary N) is 1. The Bertz CT molecular complexity index is 928. The fourth-order valence-corrected chi connectivity index (χ4v) is 3.52. The van der Waals surface area contributed by atoms with Gasteiger partial charge < -0.3 is 11.1 Å². The van der Waals surface area contributed by atoms with Gasteiger partial charge in [0.2, 0.25) is 0 Å². The van der Waals surface area contributed by atoms with Crippen LogP contribution in [0.1, 0.15) is 49.5 Å². The highest BCUT2D eigenvalue weighted by molar-refractivity contribution is 6.22. The molecule has 1 atom stereocenters. The van der Waals surface area contributed by atoms with E-state index in [1.54, 1.807) is 12.1 Å². The second-order valence-electron chi connectivity index (χ2n) is 7.47. The highest BCUT2D eigenvalue weighted by atomic mass is 35.5. The van der Waals surface area contributed by atoms with Crippen LogP contribution < -0.4 is 11.1 Å². The normalized spacial score (nSPS) is 16.2. The van der Waals surface area contributed by atoms with Gasteiger partial charge in [-0.15, -0.1) is 12.4 Å². The molecule has 0 aromatic heterocycles. The third-order valence-electron chi connectivity index (χ3n) is 5.43. The van der Waals surface area contributed by atoms with Gasteiger partial charge in [0.15, 0.2) is 0 Å². The lowest BCUT2D eigenvalue weighted by Crippen LogP contribution is -2.38. The average molecular weight is 414 g/mol. The minimum absolute atomic E-state index is 0. The number of benzene rings is 2. The molecule has 1 fully saturated rings. The maximum Gasteiger partial charge on any atom is 0.261 e. The van der Waals surface area contributed by atoms with Crippen molar-refractivity contribution in [3.63, 3.8) is 0 Å². The molecule has 29 heavy (non-hydrogen) atoms. The molecule has 7 heteroatoms. The van der Waals surface area contributed by atoms with E-state index in [9.17, 15) is 14.4 Å². The molecule has 0 spiro atoms. The number of nitrogens with two attached hydrogens (primary N) is 1. The van der Waals surface area contributed by atoms with E-state index in [1.165, 1.54) is 11.0 Å². The number of hydrogen-bond donors (Lipinski definition) is 2. The summed E-state index contributed by atoms with van der Waals surface area (Å²) in [5, 5.41) is 2.82. The van der Waals surface area contributed by atoms with Gasteiger partial charge in [-0.2, -0.15) is 0 Å². The molecule has 1 unspecified atom stereocenters. The molecule has 2 aromatic rings. The summed E-state index contributed by atoms with van der Waals surface area (Å²) in [5.41, 5.74) is 8.08. The molecule has 4 rings (SSSR count). The zero-order valence-electron chi connectivity index (χ0n) is 16.0. The van der Waals surface area contributed by atoms with Crippen molar-refractivity contribution in [1.82, 2.24) is 10.2 Å². The largest absolute Gasteiger partial charge is 0.350 e. The summed E-state index contributed by atoms with van der Waals surface area (Å²) in [4.78, 5) is 39.0. The summed E-state index contributed by atoms with van der Waals surface area (Å²) in [7, 11) is 0. The smallest absolute Gasteiger partial charge is 0.261 e. The van der Waals surface area contributed by atoms with Crippen molar-refractivity contribution < 1.29 is 14.4 Å². The molecule has 1 aliphatic heterocycles. The maximum absolute atomic E-state index is 12.7. The summed E-state index contributed by atoms with van der Waals surface area (Å²) in [6.45, 7) is 0.727. The molecule has 1 heterocycles. The first-order chi connectivity index (χ1) is 13.5. The molecule has 1 aliphatic carbocycles. The number of carbonyl (C=O) groups is 3. The van der Waals surface area contributed by atoms with Crippen LogP contribution in [-0.4, -0.2) is 41.8 Å². The number of rotatable bonds is 7. The number of fused-ring (bicyclic) bond motifs is 1. The van der Waals surface area contributed by atoms with Crippen molar-refractivity contribution in [2.75, 3.05) is 13.1 Å². The van der Waals surface area contributed by atoms with Crippen LogP contribution in [0.4, 0.5) is 0 Å². The van der Waals surface area contributed by atoms with Crippen molar-refractivity contribution >= 4 is 30.1 Å². The van der Waals surface area contributed by atoms with Crippen LogP contribution in [0, 0.1) is 5.92 Å². The Kier molecular flexibility index (Phi) is 6.35. The van der Waals surface area contributed by atoms with Gasteiger partial charge in [-0.05, 0) is 48.9 Å². The van der Waals surface area contributed by atoms with E-state index >= 15 is 0 Å². The molecular formula is C22H24ClN3O3. The topological polar surface area (TPSA) is 92.5 Å². The second kappa shape index (κ2) is 8.76. The third-order valence-corrected chi connectivity index (χ3v) is 5.43. The van der Waals surface area contributed by atoms with E-state index in [2.05, 4.69) is 5.32 Å². The fourth-order valence-electron chi connectivity index (χ4n) is 3.52. The molecular weight excluding hydrogens is 390 g/mol. The van der Waals surface area contributed by atoms with Crippen molar-refractivity contribution in [2.45, 2.75) is 25.3 Å². The Balaban J connectivity index is 0.00000240. The molecule has 0 bridgehead atoms. The van der Waals surface area contributed by atoms with Crippen LogP contribution in [0.2, 0.25) is 0 Å². The van der Waals surface area contributed by atoms with Crippen LogP contribution in [-0.2, 0) is 6.42 Å². The van der Waals surface area contributed by atoms with Crippen molar-refractivity contribution in [1.29, 1.82) is 0 Å². The minimum Gasteiger partial charge on any atom is -0.350 e. The van der Waals surface area contributed by atoms with Crippen LogP contribution in [0.25, 0.3) is 0 Å². The van der Waals surface area contributed by atoms with E-state index in [0.717, 1.165) is 18.4 Å². The van der Waals surface area contributed by atoms with Gasteiger partial charge in [-0.1, -0.05) is 30.3 Å². The van der Waals surface area contributed by atoms with Crippen LogP contribution >= 0.6 is 12.4 Å². The highest BCUT2D eigenvalue weighted by Gasteiger charge is 2.35. The van der Waals surface area contributed by atoms with Gasteiger partial charge in [0.25, 0.3) is 17.7 Å². The Morgan fingerprint density at radius 1 is 1.07 bits per heavy atom. The number of nitrogens with zero attached hydrogens (tertiary/aromatic N) is 1. The van der Waals surface area contributed by atoms with E-state index in [0.29, 0.717) is 36.6 Å². The summed E-state index contributed by atoms with van der Waals surface area (Å²) >= 11 is 0. The molecule has 0 saturated heterocycles. The van der Waals surface area contributed by atoms with E-state index < -0.39 is 0 Å². The Hall–Kier alpha value is -2.70. The first kappa shape index (κ1) is 21.0. The van der Waals surface area contributed by atoms with Crippen LogP contribution in [0.5, 0.6) is 0 Å². The predicted molar refractivity (Wildman–Crippen MR) is 112 cm³/mol. The lowest BCUT2D eigenvalue weighted by atomic mass is 10.1. The SMILES string of the molecule is Cl.NC(CNC(=O)c1ccc2c(c1)C(=O)N(CCc1ccccc1)C2=O)C1CC1. The zero-order chi connectivity index (χ0) is 19.7. The maximum atomic E-state index is 12.7. The van der Waals surface area contributed by atoms with Crippen molar-refractivity contribution in [2.24, 2.45) is 11.7 Å². The third kappa shape index (κ3) is 4.49. The van der Waals surface area contributed by atoms with Crippen molar-refractivity contribution in [3.8, 4) is 0 Å². The fraction of sp³-hybridized carbons (Fsp3) is 0.318. The molecule has 0 radical (unpaired) electrons. The number of imide groups is 1. The first-order valence-corrected chi connectivity index (χ1v) is 9.62. The van der Waals surface area contributed by atoms with Gasteiger partial charge >= 0.3 is 0 Å². The van der Waals surface area contributed by atoms with Gasteiger partial charge in [-0.3, -0.25) is 19.3 Å². The second-order valence-corrected chi connectivity index (χ2v) is 7.47. The summed E-state index contributed by atoms with van der Waals surface area (Å²) < 4.78 is 0. The number of hydrogen-bond acceptors (Lipinski definition) is 4. The quantitative estimate of drug-likeness (QED) is 0.682. The highest BCUT2D eigenvalue weighted by Crippen LogP contribution is 2.31. The standard InChI is InChI=1S/C22H23N3O3.ClH/c23-19(15-6-7-15)13-24-20(26)16-8-9-17-18(12-16)22(28)25(21(17)27)11-10-14-4-2-1-3-5-14;/h1-5,8-9,12,15,19H,6-7,10-11,13,23H2,(H,24,26);1H. The van der Waals surface area contributed by atoms with Crippen LogP contribution in [0.15, 0.2) is 48.5 Å². The number of amides is 3. The molecule has 152 valence electrons. The minimum atomic E-state index is -0.347. The molecule has 6 nitrogen and oxygen atoms in total.